The summed E-state index contributed by atoms with van der Waals surface area (Å²) < 4.78 is 10.9. The van der Waals surface area contributed by atoms with Crippen molar-refractivity contribution in [2.75, 3.05) is 9.80 Å². The molecule has 14 aromatic carbocycles. The predicted octanol–water partition coefficient (Wildman–Crippen LogP) is 31.2. The Morgan fingerprint density at radius 2 is 0.504 bits per heavy atom. The summed E-state index contributed by atoms with van der Waals surface area (Å²) in [4.78, 5) is 5.19. The summed E-state index contributed by atoms with van der Waals surface area (Å²) in [6.07, 6.45) is 0.931. The zero-order chi connectivity index (χ0) is 95.3. The van der Waals surface area contributed by atoms with Gasteiger partial charge in [0.15, 0.2) is 0 Å². The van der Waals surface area contributed by atoms with E-state index in [4.69, 9.17) is 0 Å². The molecule has 4 aliphatic heterocycles. The van der Waals surface area contributed by atoms with Crippen molar-refractivity contribution in [3.63, 3.8) is 0 Å². The van der Waals surface area contributed by atoms with E-state index in [0.29, 0.717) is 11.8 Å². The van der Waals surface area contributed by atoms with Crippen LogP contribution in [0.4, 0.5) is 34.1 Å². The molecule has 135 heavy (non-hydrogen) atoms. The normalized spacial score (nSPS) is 14.2. The van der Waals surface area contributed by atoms with Crippen LogP contribution in [0.15, 0.2) is 243 Å². The minimum atomic E-state index is -0.267. The first-order chi connectivity index (χ1) is 63.5. The van der Waals surface area contributed by atoms with Crippen molar-refractivity contribution < 1.29 is 0 Å². The van der Waals surface area contributed by atoms with Gasteiger partial charge in [0, 0.05) is 99.3 Å². The maximum absolute atomic E-state index is 2.76. The Morgan fingerprint density at radius 3 is 0.852 bits per heavy atom. The van der Waals surface area contributed by atoms with Crippen LogP contribution in [0.25, 0.3) is 110 Å². The topological polar surface area (TPSA) is 26.2 Å². The predicted molar refractivity (Wildman–Crippen MR) is 588 cm³/mol. The highest BCUT2D eigenvalue weighted by Crippen LogP contribution is 2.53. The van der Waals surface area contributed by atoms with E-state index in [0.717, 1.165) is 34.9 Å². The monoisotopic (exact) mass is 1770 g/mol. The van der Waals surface area contributed by atoms with Crippen molar-refractivity contribution in [2.24, 2.45) is 0 Å². The van der Waals surface area contributed by atoms with Crippen LogP contribution >= 0.6 is 0 Å². The van der Waals surface area contributed by atoms with Crippen molar-refractivity contribution in [2.45, 2.75) is 281 Å². The molecule has 8 heterocycles. The third-order valence-corrected chi connectivity index (χ3v) is 32.0. The van der Waals surface area contributed by atoms with Crippen molar-refractivity contribution in [3.05, 3.63) is 309 Å². The van der Waals surface area contributed by atoms with E-state index >= 15 is 0 Å². The summed E-state index contributed by atoms with van der Waals surface area (Å²) in [6, 6.07) is 99.1. The lowest BCUT2D eigenvalue weighted by atomic mass is 9.33. The second kappa shape index (κ2) is 29.8. The molecule has 0 spiro atoms. The standard InChI is InChI=1S/C127H136B2N6/c1-72(2)76-31-51-104-92(59-76)96-61-78(73(3)4)63-100-114(96)132(104)108-55-57-110(130(88-43-33-80(34-44-88)120(8,9)10)89-45-35-81(36-46-89)121(11,12)13)118-112(108)128(100)101-64-79(74(5)6)62-97-93-60-77(32-52-106(93)134(118)116(97)101)75(7)71-127(29,30)85-42-54-105-95(66-85)98-67-86(125(23,24)25)69-102-115(98)133(105)109-56-58-111(131(90-47-37-82(38-48-90)122(14,15)16)91-49-39-83(40-50-91)123(17,18)19)119-113(109)129(102)103-70-87(126(26,27)28)68-99-94-65-84(124(20,21)22)41-53-107(94)135(119)117(99)103/h31-70,72-75H,71H2,1-30H3. The van der Waals surface area contributed by atoms with Gasteiger partial charge in [-0.1, -0.05) is 305 Å². The van der Waals surface area contributed by atoms with Gasteiger partial charge in [0.1, 0.15) is 0 Å². The number of hydrogen-bond acceptors (Lipinski definition) is 2. The first-order valence-electron chi connectivity index (χ1n) is 50.4. The molecule has 680 valence electrons. The Morgan fingerprint density at radius 1 is 0.237 bits per heavy atom. The highest BCUT2D eigenvalue weighted by molar-refractivity contribution is 7.01. The average molecular weight is 1770 g/mol. The molecule has 1 unspecified atom stereocenters. The number of fused-ring (bicyclic) bond motifs is 20. The van der Waals surface area contributed by atoms with Crippen molar-refractivity contribution >= 4 is 168 Å². The van der Waals surface area contributed by atoms with Crippen LogP contribution in [-0.4, -0.2) is 31.7 Å². The van der Waals surface area contributed by atoms with E-state index in [1.807, 2.05) is 0 Å². The third kappa shape index (κ3) is 13.6. The Labute approximate surface area is 803 Å². The van der Waals surface area contributed by atoms with E-state index in [2.05, 4.69) is 478 Å². The minimum absolute atomic E-state index is 0.0253. The van der Waals surface area contributed by atoms with Gasteiger partial charge in [0.25, 0.3) is 13.4 Å². The molecule has 22 rings (SSSR count). The van der Waals surface area contributed by atoms with Gasteiger partial charge in [-0.3, -0.25) is 0 Å². The molecule has 0 saturated carbocycles. The average Bonchev–Trinajstić information content (AvgIpc) is 1.53. The van der Waals surface area contributed by atoms with Gasteiger partial charge in [-0.15, -0.1) is 0 Å². The summed E-state index contributed by atoms with van der Waals surface area (Å²) in [6.45, 7) is 71.3. The molecule has 0 amide bonds. The first kappa shape index (κ1) is 88.3. The second-order valence-electron chi connectivity index (χ2n) is 50.0. The zero-order valence-electron chi connectivity index (χ0n) is 85.9. The van der Waals surface area contributed by atoms with E-state index in [1.165, 1.54) is 215 Å². The van der Waals surface area contributed by atoms with Crippen LogP contribution in [0.1, 0.15) is 305 Å². The fraction of sp³-hybridized carbons (Fsp3) is 0.339. The van der Waals surface area contributed by atoms with Crippen molar-refractivity contribution in [1.29, 1.82) is 0 Å². The fourth-order valence-corrected chi connectivity index (χ4v) is 23.9. The van der Waals surface area contributed by atoms with Crippen LogP contribution < -0.4 is 42.6 Å². The van der Waals surface area contributed by atoms with Crippen LogP contribution in [0.3, 0.4) is 0 Å². The molecule has 4 aliphatic rings. The van der Waals surface area contributed by atoms with Crippen LogP contribution in [-0.2, 0) is 43.3 Å². The molecule has 0 fully saturated rings. The number of rotatable bonds is 13. The number of hydrogen-bond donors (Lipinski definition) is 0. The summed E-state index contributed by atoms with van der Waals surface area (Å²) in [7, 11) is 0. The maximum atomic E-state index is 2.76. The van der Waals surface area contributed by atoms with Gasteiger partial charge < -0.3 is 28.1 Å². The Kier molecular flexibility index (Phi) is 19.5. The second-order valence-corrected chi connectivity index (χ2v) is 50.0. The molecule has 6 nitrogen and oxygen atoms in total. The van der Waals surface area contributed by atoms with Gasteiger partial charge in [0.05, 0.1) is 44.8 Å². The molecule has 8 heteroatoms. The Bertz CT molecular complexity index is 7920. The minimum Gasteiger partial charge on any atom is -0.310 e. The van der Waals surface area contributed by atoms with Crippen LogP contribution in [0.2, 0.25) is 0 Å². The van der Waals surface area contributed by atoms with Gasteiger partial charge in [-0.2, -0.15) is 0 Å². The number of anilines is 6. The molecule has 0 N–H and O–H groups in total. The molecule has 0 aliphatic carbocycles. The van der Waals surface area contributed by atoms with Gasteiger partial charge in [-0.25, -0.2) is 0 Å². The number of aromatic nitrogens is 4. The highest BCUT2D eigenvalue weighted by Gasteiger charge is 2.48. The summed E-state index contributed by atoms with van der Waals surface area (Å²) in [5, 5.41) is 10.6. The maximum Gasteiger partial charge on any atom is 0.252 e. The summed E-state index contributed by atoms with van der Waals surface area (Å²) >= 11 is 0. The zero-order valence-corrected chi connectivity index (χ0v) is 85.9. The van der Waals surface area contributed by atoms with Crippen molar-refractivity contribution in [1.82, 2.24) is 18.3 Å². The van der Waals surface area contributed by atoms with E-state index in [-0.39, 0.29) is 68.6 Å². The smallest absolute Gasteiger partial charge is 0.252 e. The third-order valence-electron chi connectivity index (χ3n) is 32.0. The Balaban J connectivity index is 0.741. The molecule has 4 aromatic heterocycles. The Hall–Kier alpha value is -12.0. The van der Waals surface area contributed by atoms with Crippen molar-refractivity contribution in [3.8, 4) is 22.7 Å². The molecule has 0 bridgehead atoms. The fourth-order valence-electron chi connectivity index (χ4n) is 23.9. The van der Waals surface area contributed by atoms with Gasteiger partial charge in [0.2, 0.25) is 0 Å². The van der Waals surface area contributed by atoms with Gasteiger partial charge in [-0.05, 0) is 319 Å². The molecular weight excluding hydrogens is 1630 g/mol. The SMILES string of the molecule is CC(C)c1ccc2c(c1)c1cc(C(C)C)cc3c1n2-c1ccc(N(c2ccc(C(C)(C)C)cc2)c2ccc(C(C)(C)C)cc2)c2c1B3c1cc(C(C)C)cc3c4cc(C(C)CC(C)(C)c5ccc6c(c5)c5cc(C(C)(C)C)cc7c5n6-c5ccc(N(c6ccc(C(C)(C)C)cc6)c6ccc(C(C)(C)C)cc6)c6c5B7c5cc(C(C)(C)C)cc7c8cc(C(C)(C)C)ccc8n-6c57)ccc4n-2c13. The summed E-state index contributed by atoms with van der Waals surface area (Å²) in [5.74, 6) is 1.15. The first-order valence-corrected chi connectivity index (χ1v) is 50.4. The largest absolute Gasteiger partial charge is 0.310 e. The van der Waals surface area contributed by atoms with Crippen LogP contribution in [0, 0.1) is 0 Å². The van der Waals surface area contributed by atoms with Gasteiger partial charge >= 0.3 is 0 Å². The lowest BCUT2D eigenvalue weighted by Crippen LogP contribution is -2.60. The lowest BCUT2D eigenvalue weighted by Gasteiger charge is -2.38. The molecule has 0 radical (unpaired) electrons. The number of benzene rings is 14. The highest BCUT2D eigenvalue weighted by atomic mass is 15.2. The van der Waals surface area contributed by atoms with E-state index in [9.17, 15) is 0 Å². The summed E-state index contributed by atoms with van der Waals surface area (Å²) in [5.41, 5.74) is 45.7. The lowest BCUT2D eigenvalue weighted by molar-refractivity contribution is 0.439. The molecule has 18 aromatic rings. The quantitative estimate of drug-likeness (QED) is 0.108. The van der Waals surface area contributed by atoms with E-state index in [1.54, 1.807) is 0 Å². The van der Waals surface area contributed by atoms with Crippen LogP contribution in [0.5, 0.6) is 0 Å². The molecule has 1 atom stereocenters. The molecular formula is C127H136B2N6. The van der Waals surface area contributed by atoms with E-state index < -0.39 is 0 Å². The molecule has 0 saturated heterocycles. The number of nitrogens with zero attached hydrogens (tertiary/aromatic N) is 6.